The summed E-state index contributed by atoms with van der Waals surface area (Å²) in [6.45, 7) is 2.22. The molecule has 5 heteroatoms. The predicted octanol–water partition coefficient (Wildman–Crippen LogP) is 2.34. The van der Waals surface area contributed by atoms with Crippen LogP contribution in [0.1, 0.15) is 56.8 Å². The highest BCUT2D eigenvalue weighted by atomic mass is 16.2. The summed E-state index contributed by atoms with van der Waals surface area (Å²) in [7, 11) is 1.99. The highest BCUT2D eigenvalue weighted by Gasteiger charge is 2.33. The van der Waals surface area contributed by atoms with Gasteiger partial charge in [-0.1, -0.05) is 19.3 Å². The molecule has 21 heavy (non-hydrogen) atoms. The Morgan fingerprint density at radius 3 is 2.67 bits per heavy atom. The van der Waals surface area contributed by atoms with Crippen LogP contribution in [-0.4, -0.2) is 39.3 Å². The summed E-state index contributed by atoms with van der Waals surface area (Å²) in [6.07, 6.45) is 9.07. The third-order valence-electron chi connectivity index (χ3n) is 5.51. The van der Waals surface area contributed by atoms with Gasteiger partial charge in [-0.05, 0) is 38.5 Å². The third-order valence-corrected chi connectivity index (χ3v) is 5.51. The zero-order chi connectivity index (χ0) is 14.8. The molecule has 2 aliphatic carbocycles. The number of nitrogens with zero attached hydrogens (tertiary/aromatic N) is 3. The maximum Gasteiger partial charge on any atom is 0.226 e. The molecule has 0 radical (unpaired) electrons. The molecule has 0 bridgehead atoms. The van der Waals surface area contributed by atoms with Crippen LogP contribution in [0.5, 0.6) is 0 Å². The largest absolute Gasteiger partial charge is 0.343 e. The van der Waals surface area contributed by atoms with Crippen molar-refractivity contribution in [3.63, 3.8) is 0 Å². The minimum Gasteiger partial charge on any atom is -0.343 e. The maximum absolute atomic E-state index is 12.8. The van der Waals surface area contributed by atoms with Gasteiger partial charge in [0.1, 0.15) is 0 Å². The number of fused-ring (bicyclic) bond motifs is 1. The molecule has 1 fully saturated rings. The monoisotopic (exact) mass is 290 g/mol. The van der Waals surface area contributed by atoms with Gasteiger partial charge in [0, 0.05) is 25.4 Å². The van der Waals surface area contributed by atoms with E-state index in [1.807, 2.05) is 11.9 Å². The van der Waals surface area contributed by atoms with Gasteiger partial charge in [0.15, 0.2) is 0 Å². The molecule has 2 atom stereocenters. The van der Waals surface area contributed by atoms with Crippen LogP contribution in [0, 0.1) is 11.8 Å². The summed E-state index contributed by atoms with van der Waals surface area (Å²) >= 11 is 0. The minimum absolute atomic E-state index is 0.0821. The van der Waals surface area contributed by atoms with E-state index in [0.29, 0.717) is 17.9 Å². The van der Waals surface area contributed by atoms with Crippen LogP contribution >= 0.6 is 0 Å². The summed E-state index contributed by atoms with van der Waals surface area (Å²) in [6, 6.07) is 0.358. The second kappa shape index (κ2) is 6.16. The van der Waals surface area contributed by atoms with E-state index in [0.717, 1.165) is 30.7 Å². The first kappa shape index (κ1) is 14.5. The second-order valence-corrected chi connectivity index (χ2v) is 6.74. The van der Waals surface area contributed by atoms with Crippen molar-refractivity contribution in [3.05, 3.63) is 11.4 Å². The Morgan fingerprint density at radius 1 is 1.19 bits per heavy atom. The van der Waals surface area contributed by atoms with E-state index in [-0.39, 0.29) is 5.92 Å². The highest BCUT2D eigenvalue weighted by molar-refractivity contribution is 5.79. The smallest absolute Gasteiger partial charge is 0.226 e. The molecule has 0 saturated heterocycles. The first-order chi connectivity index (χ1) is 10.2. The summed E-state index contributed by atoms with van der Waals surface area (Å²) in [5.41, 5.74) is 2.03. The lowest BCUT2D eigenvalue weighted by molar-refractivity contribution is -0.137. The highest BCUT2D eigenvalue weighted by Crippen LogP contribution is 2.30. The van der Waals surface area contributed by atoms with Crippen molar-refractivity contribution in [2.24, 2.45) is 11.8 Å². The molecule has 2 aliphatic rings. The Bertz CT molecular complexity index is 492. The fraction of sp³-hybridized carbons (Fsp3) is 0.812. The van der Waals surface area contributed by atoms with Crippen LogP contribution in [0.15, 0.2) is 0 Å². The summed E-state index contributed by atoms with van der Waals surface area (Å²) in [5.74, 6) is 1.05. The fourth-order valence-electron chi connectivity index (χ4n) is 3.92. The number of H-pyrrole nitrogens is 1. The lowest BCUT2D eigenvalue weighted by Crippen LogP contribution is -2.44. The molecular weight excluding hydrogens is 264 g/mol. The number of aryl methyl sites for hydroxylation is 1. The van der Waals surface area contributed by atoms with Crippen molar-refractivity contribution in [3.8, 4) is 0 Å². The van der Waals surface area contributed by atoms with Crippen molar-refractivity contribution in [1.82, 2.24) is 20.3 Å². The van der Waals surface area contributed by atoms with E-state index in [9.17, 15) is 4.79 Å². The number of carbonyl (C=O) groups excluding carboxylic acids is 1. The average Bonchev–Trinajstić information content (AvgIpc) is 3.01. The number of nitrogens with one attached hydrogen (secondary N) is 1. The van der Waals surface area contributed by atoms with Gasteiger partial charge in [0.05, 0.1) is 11.4 Å². The molecule has 1 aromatic heterocycles. The predicted molar refractivity (Wildman–Crippen MR) is 80.7 cm³/mol. The summed E-state index contributed by atoms with van der Waals surface area (Å²) in [5, 5.41) is 11.0. The SMILES string of the molecule is C[C@@H](C1CCCCC1)N(C)C(=O)[C@@H]1CCc2n[nH]nc2C1. The molecule has 3 rings (SSSR count). The molecule has 0 aromatic carbocycles. The number of rotatable bonds is 3. The van der Waals surface area contributed by atoms with E-state index in [1.165, 1.54) is 32.1 Å². The number of aromatic nitrogens is 3. The minimum atomic E-state index is 0.0821. The zero-order valence-electron chi connectivity index (χ0n) is 13.1. The zero-order valence-corrected chi connectivity index (χ0v) is 13.1. The van der Waals surface area contributed by atoms with Crippen molar-refractivity contribution < 1.29 is 4.79 Å². The van der Waals surface area contributed by atoms with Gasteiger partial charge in [-0.25, -0.2) is 0 Å². The Labute approximate surface area is 126 Å². The van der Waals surface area contributed by atoms with Crippen molar-refractivity contribution in [1.29, 1.82) is 0 Å². The molecule has 1 amide bonds. The van der Waals surface area contributed by atoms with Crippen molar-refractivity contribution >= 4 is 5.91 Å². The number of aromatic amines is 1. The third kappa shape index (κ3) is 2.97. The molecule has 1 saturated carbocycles. The molecule has 0 aliphatic heterocycles. The number of hydrogen-bond donors (Lipinski definition) is 1. The van der Waals surface area contributed by atoms with Gasteiger partial charge in [-0.3, -0.25) is 4.79 Å². The average molecular weight is 290 g/mol. The van der Waals surface area contributed by atoms with E-state index in [2.05, 4.69) is 22.3 Å². The lowest BCUT2D eigenvalue weighted by Gasteiger charge is -2.36. The van der Waals surface area contributed by atoms with Gasteiger partial charge >= 0.3 is 0 Å². The Hall–Kier alpha value is -1.39. The molecule has 1 heterocycles. The maximum atomic E-state index is 12.8. The van der Waals surface area contributed by atoms with Gasteiger partial charge < -0.3 is 4.90 Å². The molecule has 0 unspecified atom stereocenters. The fourth-order valence-corrected chi connectivity index (χ4v) is 3.92. The summed E-state index contributed by atoms with van der Waals surface area (Å²) in [4.78, 5) is 14.8. The van der Waals surface area contributed by atoms with Gasteiger partial charge in [-0.2, -0.15) is 15.4 Å². The Balaban J connectivity index is 1.62. The van der Waals surface area contributed by atoms with Gasteiger partial charge in [0.2, 0.25) is 5.91 Å². The van der Waals surface area contributed by atoms with E-state index in [4.69, 9.17) is 0 Å². The molecule has 5 nitrogen and oxygen atoms in total. The van der Waals surface area contributed by atoms with Gasteiger partial charge in [-0.15, -0.1) is 0 Å². The van der Waals surface area contributed by atoms with Crippen LogP contribution in [-0.2, 0) is 17.6 Å². The van der Waals surface area contributed by atoms with Crippen LogP contribution in [0.25, 0.3) is 0 Å². The van der Waals surface area contributed by atoms with Crippen LogP contribution in [0.4, 0.5) is 0 Å². The second-order valence-electron chi connectivity index (χ2n) is 6.74. The quantitative estimate of drug-likeness (QED) is 0.929. The standard InChI is InChI=1S/C16H26N4O/c1-11(12-6-4-3-5-7-12)20(2)16(21)13-8-9-14-15(10-13)18-19-17-14/h11-13H,3-10H2,1-2H3,(H,17,18,19)/t11-,13+/m0/s1. The summed E-state index contributed by atoms with van der Waals surface area (Å²) < 4.78 is 0. The first-order valence-corrected chi connectivity index (χ1v) is 8.32. The van der Waals surface area contributed by atoms with E-state index < -0.39 is 0 Å². The van der Waals surface area contributed by atoms with E-state index in [1.54, 1.807) is 0 Å². The van der Waals surface area contributed by atoms with Crippen molar-refractivity contribution in [2.45, 2.75) is 64.3 Å². The number of hydrogen-bond acceptors (Lipinski definition) is 3. The molecule has 0 spiro atoms. The number of carbonyl (C=O) groups is 1. The van der Waals surface area contributed by atoms with Crippen LogP contribution in [0.3, 0.4) is 0 Å². The van der Waals surface area contributed by atoms with Crippen molar-refractivity contribution in [2.75, 3.05) is 7.05 Å². The van der Waals surface area contributed by atoms with E-state index >= 15 is 0 Å². The molecule has 116 valence electrons. The Kier molecular flexibility index (Phi) is 4.27. The van der Waals surface area contributed by atoms with Gasteiger partial charge in [0.25, 0.3) is 0 Å². The topological polar surface area (TPSA) is 61.9 Å². The lowest BCUT2D eigenvalue weighted by atomic mass is 9.83. The normalized spacial score (nSPS) is 24.4. The first-order valence-electron chi connectivity index (χ1n) is 8.32. The molecular formula is C16H26N4O. The number of amides is 1. The molecule has 1 N–H and O–H groups in total. The molecule has 1 aromatic rings. The Morgan fingerprint density at radius 2 is 1.90 bits per heavy atom. The van der Waals surface area contributed by atoms with Crippen LogP contribution in [0.2, 0.25) is 0 Å². The van der Waals surface area contributed by atoms with Crippen LogP contribution < -0.4 is 0 Å².